The van der Waals surface area contributed by atoms with Gasteiger partial charge >= 0.3 is 0 Å². The molecule has 0 aliphatic carbocycles. The lowest BCUT2D eigenvalue weighted by molar-refractivity contribution is -0.126. The normalized spacial score (nSPS) is 19.6. The van der Waals surface area contributed by atoms with E-state index < -0.39 is 0 Å². The Morgan fingerprint density at radius 3 is 2.95 bits per heavy atom. The van der Waals surface area contributed by atoms with Crippen LogP contribution >= 0.6 is 0 Å². The molecule has 0 spiro atoms. The first-order valence-electron chi connectivity index (χ1n) is 7.24. The number of benzene rings is 1. The van der Waals surface area contributed by atoms with E-state index in [4.69, 9.17) is 9.26 Å². The number of rotatable bonds is 4. The van der Waals surface area contributed by atoms with Gasteiger partial charge in [0, 0.05) is 12.1 Å². The number of hydrogen-bond acceptors (Lipinski definition) is 6. The number of morpholine rings is 1. The fraction of sp³-hybridized carbons (Fsp3) is 0.400. The summed E-state index contributed by atoms with van der Waals surface area (Å²) >= 11 is 0. The zero-order valence-corrected chi connectivity index (χ0v) is 12.3. The first kappa shape index (κ1) is 14.7. The Bertz CT molecular complexity index is 623. The summed E-state index contributed by atoms with van der Waals surface area (Å²) < 4.78 is 10.5. The molecular formula is C15H18N4O3. The van der Waals surface area contributed by atoms with Crippen molar-refractivity contribution in [3.05, 3.63) is 36.2 Å². The second kappa shape index (κ2) is 6.67. The topological polar surface area (TPSA) is 89.3 Å². The lowest BCUT2D eigenvalue weighted by atomic mass is 10.2. The molecule has 3 rings (SSSR count). The molecule has 1 saturated heterocycles. The third kappa shape index (κ3) is 3.32. The van der Waals surface area contributed by atoms with Gasteiger partial charge < -0.3 is 19.9 Å². The van der Waals surface area contributed by atoms with Gasteiger partial charge in [-0.25, -0.2) is 0 Å². The summed E-state index contributed by atoms with van der Waals surface area (Å²) in [6.45, 7) is 3.50. The summed E-state index contributed by atoms with van der Waals surface area (Å²) in [7, 11) is 0. The van der Waals surface area contributed by atoms with E-state index in [-0.39, 0.29) is 18.0 Å². The predicted octanol–water partition coefficient (Wildman–Crippen LogP) is 0.902. The maximum atomic E-state index is 12.1. The Labute approximate surface area is 128 Å². The largest absolute Gasteiger partial charge is 0.378 e. The number of carbonyl (C=O) groups is 1. The van der Waals surface area contributed by atoms with Crippen LogP contribution in [0.3, 0.4) is 0 Å². The molecule has 1 amide bonds. The Kier molecular flexibility index (Phi) is 4.45. The number of carbonyl (C=O) groups excluding carboxylic acids is 1. The molecule has 7 heteroatoms. The monoisotopic (exact) mass is 302 g/mol. The fourth-order valence-electron chi connectivity index (χ4n) is 2.22. The lowest BCUT2D eigenvalue weighted by Crippen LogP contribution is -2.51. The van der Waals surface area contributed by atoms with E-state index in [1.165, 1.54) is 0 Å². The molecule has 1 aromatic carbocycles. The van der Waals surface area contributed by atoms with Gasteiger partial charge in [0.25, 0.3) is 5.89 Å². The summed E-state index contributed by atoms with van der Waals surface area (Å²) in [6, 6.07) is 8.84. The van der Waals surface area contributed by atoms with Crippen LogP contribution in [0.4, 0.5) is 0 Å². The highest BCUT2D eigenvalue weighted by Crippen LogP contribution is 2.18. The quantitative estimate of drug-likeness (QED) is 0.872. The van der Waals surface area contributed by atoms with Gasteiger partial charge in [0.05, 0.1) is 19.3 Å². The minimum absolute atomic E-state index is 0.127. The summed E-state index contributed by atoms with van der Waals surface area (Å²) in [5.74, 6) is 0.762. The van der Waals surface area contributed by atoms with Crippen molar-refractivity contribution in [3.63, 3.8) is 0 Å². The Hall–Kier alpha value is -2.25. The van der Waals surface area contributed by atoms with E-state index in [0.717, 1.165) is 5.56 Å². The number of nitrogens with zero attached hydrogens (tertiary/aromatic N) is 2. The molecule has 1 fully saturated rings. The molecule has 2 aromatic rings. The molecule has 7 nitrogen and oxygen atoms in total. The highest BCUT2D eigenvalue weighted by molar-refractivity contribution is 5.82. The third-order valence-corrected chi connectivity index (χ3v) is 3.45. The van der Waals surface area contributed by atoms with Crippen molar-refractivity contribution < 1.29 is 14.1 Å². The van der Waals surface area contributed by atoms with E-state index in [0.29, 0.717) is 31.5 Å². The Morgan fingerprint density at radius 1 is 1.41 bits per heavy atom. The SMILES string of the molecule is CC(NC(=O)C1COCCN1)c1noc(-c2ccccc2)n1. The van der Waals surface area contributed by atoms with E-state index in [1.807, 2.05) is 37.3 Å². The van der Waals surface area contributed by atoms with Crippen LogP contribution in [0.25, 0.3) is 11.5 Å². The van der Waals surface area contributed by atoms with Crippen molar-refractivity contribution >= 4 is 5.91 Å². The van der Waals surface area contributed by atoms with Crippen LogP contribution < -0.4 is 10.6 Å². The van der Waals surface area contributed by atoms with E-state index in [2.05, 4.69) is 20.8 Å². The summed E-state index contributed by atoms with van der Waals surface area (Å²) in [4.78, 5) is 16.5. The molecule has 22 heavy (non-hydrogen) atoms. The van der Waals surface area contributed by atoms with Crippen molar-refractivity contribution in [2.45, 2.75) is 19.0 Å². The van der Waals surface area contributed by atoms with E-state index in [1.54, 1.807) is 0 Å². The third-order valence-electron chi connectivity index (χ3n) is 3.45. The maximum absolute atomic E-state index is 12.1. The highest BCUT2D eigenvalue weighted by Gasteiger charge is 2.24. The molecule has 0 saturated carbocycles. The number of ether oxygens (including phenoxy) is 1. The van der Waals surface area contributed by atoms with Crippen molar-refractivity contribution in [2.75, 3.05) is 19.8 Å². The summed E-state index contributed by atoms with van der Waals surface area (Å²) in [6.07, 6.45) is 0. The molecule has 116 valence electrons. The van der Waals surface area contributed by atoms with Crippen molar-refractivity contribution in [1.29, 1.82) is 0 Å². The lowest BCUT2D eigenvalue weighted by Gasteiger charge is -2.23. The highest BCUT2D eigenvalue weighted by atomic mass is 16.5. The Morgan fingerprint density at radius 2 is 2.23 bits per heavy atom. The van der Waals surface area contributed by atoms with Crippen molar-refractivity contribution in [2.24, 2.45) is 0 Å². The number of hydrogen-bond donors (Lipinski definition) is 2. The average molecular weight is 302 g/mol. The van der Waals surface area contributed by atoms with Crippen LogP contribution in [0.5, 0.6) is 0 Å². The first-order valence-corrected chi connectivity index (χ1v) is 7.24. The van der Waals surface area contributed by atoms with Crippen molar-refractivity contribution in [1.82, 2.24) is 20.8 Å². The minimum atomic E-state index is -0.336. The van der Waals surface area contributed by atoms with Crippen LogP contribution in [0.1, 0.15) is 18.8 Å². The molecule has 0 radical (unpaired) electrons. The molecule has 1 aliphatic rings. The van der Waals surface area contributed by atoms with Crippen LogP contribution in [0.15, 0.2) is 34.9 Å². The molecule has 2 heterocycles. The first-order chi connectivity index (χ1) is 10.7. The van der Waals surface area contributed by atoms with Crippen LogP contribution in [0.2, 0.25) is 0 Å². The molecule has 1 aliphatic heterocycles. The standard InChI is InChI=1S/C15H18N4O3/c1-10(17-14(20)12-9-21-8-7-16-12)13-18-15(22-19-13)11-5-3-2-4-6-11/h2-6,10,12,16H,7-9H2,1H3,(H,17,20). The van der Waals surface area contributed by atoms with Crippen molar-refractivity contribution in [3.8, 4) is 11.5 Å². The number of aromatic nitrogens is 2. The second-order valence-electron chi connectivity index (χ2n) is 5.14. The average Bonchev–Trinajstić information content (AvgIpc) is 3.06. The maximum Gasteiger partial charge on any atom is 0.257 e. The second-order valence-corrected chi connectivity index (χ2v) is 5.14. The summed E-state index contributed by atoms with van der Waals surface area (Å²) in [5.41, 5.74) is 0.849. The van der Waals surface area contributed by atoms with Crippen LogP contribution in [0, 0.1) is 0 Å². The fourth-order valence-corrected chi connectivity index (χ4v) is 2.22. The summed E-state index contributed by atoms with van der Waals surface area (Å²) in [5, 5.41) is 9.91. The minimum Gasteiger partial charge on any atom is -0.378 e. The van der Waals surface area contributed by atoms with Gasteiger partial charge in [-0.05, 0) is 19.1 Å². The van der Waals surface area contributed by atoms with Gasteiger partial charge in [-0.15, -0.1) is 0 Å². The van der Waals surface area contributed by atoms with Gasteiger partial charge in [-0.3, -0.25) is 4.79 Å². The number of nitrogens with one attached hydrogen (secondary N) is 2. The molecule has 1 aromatic heterocycles. The van der Waals surface area contributed by atoms with Gasteiger partial charge in [0.1, 0.15) is 6.04 Å². The van der Waals surface area contributed by atoms with Gasteiger partial charge in [0.15, 0.2) is 5.82 Å². The zero-order valence-electron chi connectivity index (χ0n) is 12.3. The van der Waals surface area contributed by atoms with Gasteiger partial charge in [-0.1, -0.05) is 23.4 Å². The molecule has 2 atom stereocenters. The Balaban J connectivity index is 1.64. The van der Waals surface area contributed by atoms with Gasteiger partial charge in [-0.2, -0.15) is 4.98 Å². The zero-order chi connectivity index (χ0) is 15.4. The van der Waals surface area contributed by atoms with Crippen LogP contribution in [-0.4, -0.2) is 41.8 Å². The smallest absolute Gasteiger partial charge is 0.257 e. The number of amides is 1. The molecule has 2 unspecified atom stereocenters. The van der Waals surface area contributed by atoms with Crippen LogP contribution in [-0.2, 0) is 9.53 Å². The van der Waals surface area contributed by atoms with Gasteiger partial charge in [0.2, 0.25) is 5.91 Å². The molecule has 2 N–H and O–H groups in total. The molecule has 0 bridgehead atoms. The predicted molar refractivity (Wildman–Crippen MR) is 78.9 cm³/mol. The molecular weight excluding hydrogens is 284 g/mol. The van der Waals surface area contributed by atoms with E-state index >= 15 is 0 Å². The van der Waals surface area contributed by atoms with E-state index in [9.17, 15) is 4.79 Å².